The zero-order valence-corrected chi connectivity index (χ0v) is 18.1. The summed E-state index contributed by atoms with van der Waals surface area (Å²) < 4.78 is 26.7. The van der Waals surface area contributed by atoms with Crippen molar-refractivity contribution < 1.29 is 13.2 Å². The standard InChI is InChI=1S/C22H24BrNO3S/c23-17-11-9-16(10-12-17)22(13-4-14-22)21(25)24-18-5-3-8-20(15-18)28(26,27)19-6-1-2-7-19/h3,5,8-12,15,19H,1-2,4,6-7,13-14H2,(H,24,25). The molecule has 0 atom stereocenters. The number of amides is 1. The summed E-state index contributed by atoms with van der Waals surface area (Å²) >= 11 is 3.44. The monoisotopic (exact) mass is 461 g/mol. The van der Waals surface area contributed by atoms with Gasteiger partial charge in [0.1, 0.15) is 0 Å². The van der Waals surface area contributed by atoms with Crippen LogP contribution in [-0.2, 0) is 20.0 Å². The Labute approximate surface area is 174 Å². The summed E-state index contributed by atoms with van der Waals surface area (Å²) in [6.07, 6.45) is 6.02. The number of hydrogen-bond donors (Lipinski definition) is 1. The minimum atomic E-state index is -3.34. The number of carbonyl (C=O) groups is 1. The molecule has 6 heteroatoms. The maximum absolute atomic E-state index is 13.1. The first kappa shape index (κ1) is 19.6. The van der Waals surface area contributed by atoms with Crippen LogP contribution in [-0.4, -0.2) is 19.6 Å². The Morgan fingerprint density at radius 1 is 1.00 bits per heavy atom. The molecule has 2 aliphatic carbocycles. The molecule has 0 spiro atoms. The van der Waals surface area contributed by atoms with Gasteiger partial charge in [-0.25, -0.2) is 8.42 Å². The number of carbonyl (C=O) groups excluding carboxylic acids is 1. The topological polar surface area (TPSA) is 63.2 Å². The van der Waals surface area contributed by atoms with Crippen molar-refractivity contribution >= 4 is 37.4 Å². The maximum atomic E-state index is 13.1. The Morgan fingerprint density at radius 3 is 2.29 bits per heavy atom. The van der Waals surface area contributed by atoms with Crippen molar-refractivity contribution in [1.29, 1.82) is 0 Å². The molecular formula is C22H24BrNO3S. The van der Waals surface area contributed by atoms with E-state index in [-0.39, 0.29) is 11.2 Å². The molecule has 2 saturated carbocycles. The molecule has 0 aliphatic heterocycles. The lowest BCUT2D eigenvalue weighted by Crippen LogP contribution is -2.46. The summed E-state index contributed by atoms with van der Waals surface area (Å²) in [5.74, 6) is -0.0588. The van der Waals surface area contributed by atoms with Crippen LogP contribution in [0.2, 0.25) is 0 Å². The van der Waals surface area contributed by atoms with E-state index in [1.165, 1.54) is 0 Å². The van der Waals surface area contributed by atoms with Gasteiger partial charge in [0.05, 0.1) is 15.6 Å². The van der Waals surface area contributed by atoms with E-state index in [4.69, 9.17) is 0 Å². The Hall–Kier alpha value is -1.66. The Bertz CT molecular complexity index is 975. The molecule has 2 aliphatic rings. The van der Waals surface area contributed by atoms with E-state index < -0.39 is 15.3 Å². The van der Waals surface area contributed by atoms with Crippen molar-refractivity contribution in [2.24, 2.45) is 0 Å². The molecule has 0 aromatic heterocycles. The van der Waals surface area contributed by atoms with Gasteiger partial charge < -0.3 is 5.32 Å². The number of rotatable bonds is 5. The van der Waals surface area contributed by atoms with E-state index in [1.54, 1.807) is 24.3 Å². The first-order chi connectivity index (χ1) is 13.4. The largest absolute Gasteiger partial charge is 0.325 e. The fourth-order valence-electron chi connectivity index (χ4n) is 4.34. The number of benzene rings is 2. The average molecular weight is 462 g/mol. The highest BCUT2D eigenvalue weighted by Crippen LogP contribution is 2.45. The third kappa shape index (κ3) is 3.52. The van der Waals surface area contributed by atoms with Crippen LogP contribution in [0, 0.1) is 0 Å². The highest BCUT2D eigenvalue weighted by Gasteiger charge is 2.45. The van der Waals surface area contributed by atoms with E-state index in [2.05, 4.69) is 21.2 Å². The summed E-state index contributed by atoms with van der Waals surface area (Å²) in [6.45, 7) is 0. The third-order valence-corrected chi connectivity index (χ3v) is 8.99. The minimum Gasteiger partial charge on any atom is -0.325 e. The fourth-order valence-corrected chi connectivity index (χ4v) is 6.50. The van der Waals surface area contributed by atoms with Gasteiger partial charge in [0.25, 0.3) is 0 Å². The van der Waals surface area contributed by atoms with Crippen LogP contribution in [0.5, 0.6) is 0 Å². The van der Waals surface area contributed by atoms with Gasteiger partial charge in [-0.1, -0.05) is 53.4 Å². The van der Waals surface area contributed by atoms with Crippen LogP contribution in [0.4, 0.5) is 5.69 Å². The summed E-state index contributed by atoms with van der Waals surface area (Å²) in [6, 6.07) is 14.6. The Kier molecular flexibility index (Phi) is 5.36. The van der Waals surface area contributed by atoms with Crippen LogP contribution in [0.25, 0.3) is 0 Å². The molecule has 0 saturated heterocycles. The van der Waals surface area contributed by atoms with Gasteiger partial charge in [0, 0.05) is 10.2 Å². The Balaban J connectivity index is 1.57. The molecule has 4 rings (SSSR count). The predicted octanol–water partition coefficient (Wildman–Crippen LogP) is 5.23. The number of halogens is 1. The van der Waals surface area contributed by atoms with Gasteiger partial charge in [-0.15, -0.1) is 0 Å². The van der Waals surface area contributed by atoms with Gasteiger partial charge in [-0.3, -0.25) is 4.79 Å². The highest BCUT2D eigenvalue weighted by molar-refractivity contribution is 9.10. The molecule has 148 valence electrons. The molecule has 0 bridgehead atoms. The van der Waals surface area contributed by atoms with Crippen molar-refractivity contribution in [3.8, 4) is 0 Å². The molecule has 0 radical (unpaired) electrons. The zero-order valence-electron chi connectivity index (χ0n) is 15.7. The second kappa shape index (κ2) is 7.64. The first-order valence-electron chi connectivity index (χ1n) is 9.83. The number of anilines is 1. The molecular weight excluding hydrogens is 438 g/mol. The second-order valence-corrected chi connectivity index (χ2v) is 11.0. The lowest BCUT2D eigenvalue weighted by molar-refractivity contribution is -0.124. The van der Waals surface area contributed by atoms with Crippen molar-refractivity contribution in [2.75, 3.05) is 5.32 Å². The molecule has 0 unspecified atom stereocenters. The first-order valence-corrected chi connectivity index (χ1v) is 12.2. The molecule has 4 nitrogen and oxygen atoms in total. The zero-order chi connectivity index (χ0) is 19.8. The lowest BCUT2D eigenvalue weighted by atomic mass is 9.64. The molecule has 28 heavy (non-hydrogen) atoms. The Morgan fingerprint density at radius 2 is 1.68 bits per heavy atom. The van der Waals surface area contributed by atoms with E-state index in [9.17, 15) is 13.2 Å². The molecule has 2 aromatic carbocycles. The van der Waals surface area contributed by atoms with Gasteiger partial charge in [-0.05, 0) is 61.6 Å². The number of hydrogen-bond acceptors (Lipinski definition) is 3. The quantitative estimate of drug-likeness (QED) is 0.662. The number of sulfone groups is 1. The summed E-state index contributed by atoms with van der Waals surface area (Å²) in [4.78, 5) is 13.5. The van der Waals surface area contributed by atoms with Crippen LogP contribution < -0.4 is 5.32 Å². The SMILES string of the molecule is O=C(Nc1cccc(S(=O)(=O)C2CCCC2)c1)C1(c2ccc(Br)cc2)CCC1. The van der Waals surface area contributed by atoms with E-state index in [1.807, 2.05) is 24.3 Å². The van der Waals surface area contributed by atoms with Crippen LogP contribution in [0.15, 0.2) is 57.9 Å². The molecule has 0 heterocycles. The fraction of sp³-hybridized carbons (Fsp3) is 0.409. The predicted molar refractivity (Wildman–Crippen MR) is 114 cm³/mol. The van der Waals surface area contributed by atoms with E-state index in [0.717, 1.165) is 55.0 Å². The minimum absolute atomic E-state index is 0.0588. The molecule has 1 amide bonds. The normalized spacial score (nSPS) is 19.2. The summed E-state index contributed by atoms with van der Waals surface area (Å²) in [5, 5.41) is 2.69. The maximum Gasteiger partial charge on any atom is 0.235 e. The van der Waals surface area contributed by atoms with Crippen molar-refractivity contribution in [1.82, 2.24) is 0 Å². The highest BCUT2D eigenvalue weighted by atomic mass is 79.9. The average Bonchev–Trinajstić information content (AvgIpc) is 3.18. The van der Waals surface area contributed by atoms with Gasteiger partial charge in [0.2, 0.25) is 5.91 Å². The van der Waals surface area contributed by atoms with Crippen molar-refractivity contribution in [3.05, 3.63) is 58.6 Å². The van der Waals surface area contributed by atoms with E-state index in [0.29, 0.717) is 10.6 Å². The summed E-state index contributed by atoms with van der Waals surface area (Å²) in [7, 11) is -3.34. The van der Waals surface area contributed by atoms with Gasteiger partial charge in [-0.2, -0.15) is 0 Å². The van der Waals surface area contributed by atoms with Crippen LogP contribution in [0.1, 0.15) is 50.5 Å². The van der Waals surface area contributed by atoms with Gasteiger partial charge in [0.15, 0.2) is 9.84 Å². The third-order valence-electron chi connectivity index (χ3n) is 6.20. The lowest BCUT2D eigenvalue weighted by Gasteiger charge is -2.40. The smallest absolute Gasteiger partial charge is 0.235 e. The van der Waals surface area contributed by atoms with E-state index >= 15 is 0 Å². The molecule has 2 fully saturated rings. The molecule has 1 N–H and O–H groups in total. The van der Waals surface area contributed by atoms with Crippen LogP contribution in [0.3, 0.4) is 0 Å². The van der Waals surface area contributed by atoms with Gasteiger partial charge >= 0.3 is 0 Å². The van der Waals surface area contributed by atoms with Crippen molar-refractivity contribution in [3.63, 3.8) is 0 Å². The second-order valence-electron chi connectivity index (χ2n) is 7.88. The van der Waals surface area contributed by atoms with Crippen molar-refractivity contribution in [2.45, 2.75) is 60.5 Å². The number of nitrogens with one attached hydrogen (secondary N) is 1. The molecule has 2 aromatic rings. The summed E-state index contributed by atoms with van der Waals surface area (Å²) in [5.41, 5.74) is 1.03. The van der Waals surface area contributed by atoms with Crippen LogP contribution >= 0.6 is 15.9 Å².